The van der Waals surface area contributed by atoms with Crippen molar-refractivity contribution in [1.82, 2.24) is 0 Å². The van der Waals surface area contributed by atoms with Gasteiger partial charge in [0.25, 0.3) is 0 Å². The van der Waals surface area contributed by atoms with Gasteiger partial charge in [0.05, 0.1) is 0 Å². The molecular weight excluding hydrogens is 177 g/mol. The van der Waals surface area contributed by atoms with E-state index in [1.165, 1.54) is 0 Å². The van der Waals surface area contributed by atoms with Crippen LogP contribution >= 0.6 is 0 Å². The van der Waals surface area contributed by atoms with Gasteiger partial charge in [-0.05, 0) is 13.3 Å². The summed E-state index contributed by atoms with van der Waals surface area (Å²) in [6.45, 7) is 3.14. The molecule has 1 unspecified atom stereocenters. The van der Waals surface area contributed by atoms with Crippen LogP contribution in [0.5, 0.6) is 0 Å². The lowest BCUT2D eigenvalue weighted by molar-refractivity contribution is -0.153. The minimum atomic E-state index is -4.17. The third kappa shape index (κ3) is 6.51. The summed E-state index contributed by atoms with van der Waals surface area (Å²) in [6.07, 6.45) is -0.592. The van der Waals surface area contributed by atoms with Crippen LogP contribution in [0.2, 0.25) is 0 Å². The molecule has 0 fully saturated rings. The monoisotopic (exact) mass is 192 g/mol. The highest BCUT2D eigenvalue weighted by Gasteiger charge is 2.34. The summed E-state index contributed by atoms with van der Waals surface area (Å²) in [6, 6.07) is 0. The summed E-state index contributed by atoms with van der Waals surface area (Å²) in [5, 5.41) is 0. The Morgan fingerprint density at radius 1 is 1.23 bits per heavy atom. The molecule has 0 aliphatic rings. The van der Waals surface area contributed by atoms with E-state index in [9.17, 15) is 13.2 Å². The van der Waals surface area contributed by atoms with Gasteiger partial charge in [0.1, 0.15) is 5.92 Å². The molecule has 0 saturated carbocycles. The zero-order chi connectivity index (χ0) is 10.3. The molecule has 0 rings (SSSR count). The van der Waals surface area contributed by atoms with Crippen molar-refractivity contribution in [3.05, 3.63) is 0 Å². The number of unbranched alkanes of at least 4 members (excludes halogenated alkanes) is 3. The maximum absolute atomic E-state index is 11.9. The average Bonchev–Trinajstić information content (AvgIpc) is 2.02. The standard InChI is InChI=1S/C10H15F3/c1-3-4-5-6-7-8-9(2)10(11,12)13/h9H,3-6H2,1-2H3. The number of hydrogen-bond acceptors (Lipinski definition) is 0. The van der Waals surface area contributed by atoms with Crippen LogP contribution in [0.25, 0.3) is 0 Å². The molecule has 0 N–H and O–H groups in total. The molecule has 0 spiro atoms. The molecular formula is C10H15F3. The van der Waals surface area contributed by atoms with E-state index in [4.69, 9.17) is 0 Å². The van der Waals surface area contributed by atoms with Gasteiger partial charge in [0.2, 0.25) is 0 Å². The summed E-state index contributed by atoms with van der Waals surface area (Å²) in [5.41, 5.74) is 0. The Labute approximate surface area is 77.5 Å². The maximum Gasteiger partial charge on any atom is 0.402 e. The lowest BCUT2D eigenvalue weighted by atomic mass is 10.1. The first-order valence-electron chi connectivity index (χ1n) is 4.53. The topological polar surface area (TPSA) is 0 Å². The number of halogens is 3. The minimum absolute atomic E-state index is 0.578. The number of hydrogen-bond donors (Lipinski definition) is 0. The predicted molar refractivity (Wildman–Crippen MR) is 47.1 cm³/mol. The number of rotatable bonds is 3. The van der Waals surface area contributed by atoms with Crippen molar-refractivity contribution in [3.63, 3.8) is 0 Å². The molecule has 0 heterocycles. The molecule has 0 saturated heterocycles. The van der Waals surface area contributed by atoms with E-state index in [2.05, 4.69) is 11.8 Å². The lowest BCUT2D eigenvalue weighted by Gasteiger charge is -2.07. The first-order valence-corrected chi connectivity index (χ1v) is 4.53. The zero-order valence-corrected chi connectivity index (χ0v) is 8.04. The Balaban J connectivity index is 3.70. The predicted octanol–water partition coefficient (Wildman–Crippen LogP) is 3.77. The van der Waals surface area contributed by atoms with Gasteiger partial charge < -0.3 is 0 Å². The zero-order valence-electron chi connectivity index (χ0n) is 8.04. The van der Waals surface area contributed by atoms with E-state index in [-0.39, 0.29) is 0 Å². The van der Waals surface area contributed by atoms with Gasteiger partial charge >= 0.3 is 6.18 Å². The van der Waals surface area contributed by atoms with Crippen molar-refractivity contribution in [1.29, 1.82) is 0 Å². The van der Waals surface area contributed by atoms with Gasteiger partial charge in [-0.2, -0.15) is 13.2 Å². The summed E-state index contributed by atoms with van der Waals surface area (Å²) in [7, 11) is 0. The van der Waals surface area contributed by atoms with Gasteiger partial charge in [-0.25, -0.2) is 0 Å². The Kier molecular flexibility index (Phi) is 5.61. The first-order chi connectivity index (χ1) is 5.98. The normalized spacial score (nSPS) is 13.3. The molecule has 0 bridgehead atoms. The van der Waals surface area contributed by atoms with Crippen LogP contribution in [0.4, 0.5) is 13.2 Å². The maximum atomic E-state index is 11.9. The van der Waals surface area contributed by atoms with Crippen LogP contribution in [0.15, 0.2) is 0 Å². The van der Waals surface area contributed by atoms with Crippen LogP contribution in [0.3, 0.4) is 0 Å². The van der Waals surface area contributed by atoms with Gasteiger partial charge in [-0.1, -0.05) is 25.7 Å². The highest BCUT2D eigenvalue weighted by molar-refractivity contribution is 5.04. The van der Waals surface area contributed by atoms with E-state index in [0.29, 0.717) is 6.42 Å². The van der Waals surface area contributed by atoms with E-state index >= 15 is 0 Å². The van der Waals surface area contributed by atoms with Crippen LogP contribution in [-0.2, 0) is 0 Å². The Morgan fingerprint density at radius 3 is 2.31 bits per heavy atom. The Bertz CT molecular complexity index is 183. The molecule has 0 aromatic carbocycles. The lowest BCUT2D eigenvalue weighted by Crippen LogP contribution is -2.17. The van der Waals surface area contributed by atoms with Gasteiger partial charge in [-0.3, -0.25) is 0 Å². The van der Waals surface area contributed by atoms with Crippen molar-refractivity contribution >= 4 is 0 Å². The molecule has 0 radical (unpaired) electrons. The molecule has 0 amide bonds. The fourth-order valence-corrected chi connectivity index (χ4v) is 0.770. The van der Waals surface area contributed by atoms with E-state index < -0.39 is 12.1 Å². The smallest absolute Gasteiger partial charge is 0.170 e. The number of alkyl halides is 3. The van der Waals surface area contributed by atoms with Crippen LogP contribution < -0.4 is 0 Å². The molecule has 0 aromatic heterocycles. The highest BCUT2D eigenvalue weighted by Crippen LogP contribution is 2.24. The van der Waals surface area contributed by atoms with Crippen molar-refractivity contribution in [3.8, 4) is 11.8 Å². The summed E-state index contributed by atoms with van der Waals surface area (Å²) in [5.74, 6) is 3.27. The summed E-state index contributed by atoms with van der Waals surface area (Å²) < 4.78 is 35.8. The third-order valence-corrected chi connectivity index (χ3v) is 1.71. The molecule has 13 heavy (non-hydrogen) atoms. The molecule has 0 aromatic rings. The average molecular weight is 192 g/mol. The Hall–Kier alpha value is -0.650. The Morgan fingerprint density at radius 2 is 1.85 bits per heavy atom. The molecule has 0 nitrogen and oxygen atoms in total. The van der Waals surface area contributed by atoms with Crippen molar-refractivity contribution in [2.45, 2.75) is 45.7 Å². The molecule has 3 heteroatoms. The minimum Gasteiger partial charge on any atom is -0.170 e. The molecule has 76 valence electrons. The van der Waals surface area contributed by atoms with Crippen molar-refractivity contribution in [2.75, 3.05) is 0 Å². The van der Waals surface area contributed by atoms with Gasteiger partial charge in [-0.15, -0.1) is 5.92 Å². The second-order valence-corrected chi connectivity index (χ2v) is 3.04. The second-order valence-electron chi connectivity index (χ2n) is 3.04. The van der Waals surface area contributed by atoms with Crippen LogP contribution in [0, 0.1) is 17.8 Å². The molecule has 1 atom stereocenters. The van der Waals surface area contributed by atoms with Gasteiger partial charge in [0.15, 0.2) is 0 Å². The quantitative estimate of drug-likeness (QED) is 0.471. The van der Waals surface area contributed by atoms with E-state index in [1.54, 1.807) is 0 Å². The summed E-state index contributed by atoms with van der Waals surface area (Å²) >= 11 is 0. The highest BCUT2D eigenvalue weighted by atomic mass is 19.4. The van der Waals surface area contributed by atoms with Crippen LogP contribution in [0.1, 0.15) is 39.5 Å². The molecule has 0 aliphatic carbocycles. The van der Waals surface area contributed by atoms with E-state index in [0.717, 1.165) is 26.2 Å². The van der Waals surface area contributed by atoms with Crippen LogP contribution in [-0.4, -0.2) is 6.18 Å². The fraction of sp³-hybridized carbons (Fsp3) is 0.800. The fourth-order valence-electron chi connectivity index (χ4n) is 0.770. The van der Waals surface area contributed by atoms with Crippen molar-refractivity contribution < 1.29 is 13.2 Å². The third-order valence-electron chi connectivity index (χ3n) is 1.71. The SMILES string of the molecule is CCCCCC#CC(C)C(F)(F)F. The first kappa shape index (κ1) is 12.3. The summed E-state index contributed by atoms with van der Waals surface area (Å²) in [4.78, 5) is 0. The largest absolute Gasteiger partial charge is 0.402 e. The van der Waals surface area contributed by atoms with Gasteiger partial charge in [0, 0.05) is 6.42 Å². The molecule has 0 aliphatic heterocycles. The van der Waals surface area contributed by atoms with Crippen molar-refractivity contribution in [2.24, 2.45) is 5.92 Å². The van der Waals surface area contributed by atoms with E-state index in [1.807, 2.05) is 6.92 Å². The second kappa shape index (κ2) is 5.90.